The van der Waals surface area contributed by atoms with Gasteiger partial charge in [0.1, 0.15) is 9.84 Å². The first-order valence-corrected chi connectivity index (χ1v) is 8.63. The van der Waals surface area contributed by atoms with Crippen LogP contribution in [0.15, 0.2) is 0 Å². The Morgan fingerprint density at radius 1 is 1.35 bits per heavy atom. The van der Waals surface area contributed by atoms with Crippen molar-refractivity contribution in [3.63, 3.8) is 0 Å². The molecule has 2 unspecified atom stereocenters. The Morgan fingerprint density at radius 2 is 2.06 bits per heavy atom. The first kappa shape index (κ1) is 14.9. The first-order chi connectivity index (χ1) is 7.90. The van der Waals surface area contributed by atoms with Crippen molar-refractivity contribution in [3.8, 4) is 0 Å². The minimum atomic E-state index is -2.87. The molecule has 0 bridgehead atoms. The largest absolute Gasteiger partial charge is 0.310 e. The highest BCUT2D eigenvalue weighted by molar-refractivity contribution is 7.90. The molecule has 1 aliphatic rings. The molecule has 17 heavy (non-hydrogen) atoms. The van der Waals surface area contributed by atoms with Crippen LogP contribution in [0, 0.1) is 0 Å². The molecular formula is C12H26N2O2S. The molecule has 5 heteroatoms. The van der Waals surface area contributed by atoms with E-state index in [9.17, 15) is 8.42 Å². The highest BCUT2D eigenvalue weighted by Gasteiger charge is 2.19. The molecule has 0 aromatic rings. The van der Waals surface area contributed by atoms with E-state index in [1.807, 2.05) is 6.92 Å². The van der Waals surface area contributed by atoms with E-state index in [1.54, 1.807) is 0 Å². The van der Waals surface area contributed by atoms with Gasteiger partial charge in [0, 0.05) is 18.3 Å². The van der Waals surface area contributed by atoms with E-state index in [4.69, 9.17) is 0 Å². The van der Waals surface area contributed by atoms with Gasteiger partial charge in [0.25, 0.3) is 0 Å². The van der Waals surface area contributed by atoms with Crippen LogP contribution >= 0.6 is 0 Å². The number of hydrogen-bond acceptors (Lipinski definition) is 4. The monoisotopic (exact) mass is 262 g/mol. The predicted octanol–water partition coefficient (Wildman–Crippen LogP) is 0.884. The molecule has 0 spiro atoms. The summed E-state index contributed by atoms with van der Waals surface area (Å²) in [5, 5.41) is 3.45. The SMILES string of the molecule is CCN1CCCC(NC(C)CS(C)(=O)=O)CC1. The molecule has 4 nitrogen and oxygen atoms in total. The molecule has 0 saturated carbocycles. The first-order valence-electron chi connectivity index (χ1n) is 6.57. The van der Waals surface area contributed by atoms with Gasteiger partial charge in [0.15, 0.2) is 0 Å². The number of nitrogens with zero attached hydrogens (tertiary/aromatic N) is 1. The quantitative estimate of drug-likeness (QED) is 0.799. The third-order valence-electron chi connectivity index (χ3n) is 3.34. The molecule has 0 radical (unpaired) electrons. The van der Waals surface area contributed by atoms with Crippen LogP contribution in [0.1, 0.15) is 33.1 Å². The second-order valence-electron chi connectivity index (χ2n) is 5.22. The van der Waals surface area contributed by atoms with Crippen molar-refractivity contribution in [2.45, 2.75) is 45.2 Å². The lowest BCUT2D eigenvalue weighted by Gasteiger charge is -2.22. The topological polar surface area (TPSA) is 49.4 Å². The molecule has 0 aromatic carbocycles. The van der Waals surface area contributed by atoms with Gasteiger partial charge in [-0.05, 0) is 45.8 Å². The Kier molecular flexibility index (Phi) is 5.89. The number of likely N-dealkylation sites (tertiary alicyclic amines) is 1. The molecule has 102 valence electrons. The molecule has 1 aliphatic heterocycles. The van der Waals surface area contributed by atoms with Gasteiger partial charge in [0.2, 0.25) is 0 Å². The van der Waals surface area contributed by atoms with E-state index < -0.39 is 9.84 Å². The summed E-state index contributed by atoms with van der Waals surface area (Å²) in [5.41, 5.74) is 0. The average Bonchev–Trinajstić information content (AvgIpc) is 2.40. The Bertz CT molecular complexity index is 316. The van der Waals surface area contributed by atoms with E-state index in [0.717, 1.165) is 25.9 Å². The van der Waals surface area contributed by atoms with E-state index in [-0.39, 0.29) is 11.8 Å². The third kappa shape index (κ3) is 6.38. The molecule has 0 aromatic heterocycles. The molecule has 1 saturated heterocycles. The summed E-state index contributed by atoms with van der Waals surface area (Å²) >= 11 is 0. The Balaban J connectivity index is 2.36. The maximum absolute atomic E-state index is 11.2. The third-order valence-corrected chi connectivity index (χ3v) is 4.45. The van der Waals surface area contributed by atoms with Crippen LogP contribution in [0.2, 0.25) is 0 Å². The van der Waals surface area contributed by atoms with Crippen LogP contribution in [0.4, 0.5) is 0 Å². The summed E-state index contributed by atoms with van der Waals surface area (Å²) in [4.78, 5) is 2.46. The van der Waals surface area contributed by atoms with Crippen LogP contribution in [0.3, 0.4) is 0 Å². The molecule has 1 N–H and O–H groups in total. The fraction of sp³-hybridized carbons (Fsp3) is 1.00. The van der Waals surface area contributed by atoms with Gasteiger partial charge >= 0.3 is 0 Å². The van der Waals surface area contributed by atoms with Gasteiger partial charge in [0.05, 0.1) is 5.75 Å². The summed E-state index contributed by atoms with van der Waals surface area (Å²) in [7, 11) is -2.87. The van der Waals surface area contributed by atoms with Gasteiger partial charge in [-0.15, -0.1) is 0 Å². The number of sulfone groups is 1. The van der Waals surface area contributed by atoms with Gasteiger partial charge in [-0.1, -0.05) is 6.92 Å². The maximum Gasteiger partial charge on any atom is 0.148 e. The predicted molar refractivity (Wildman–Crippen MR) is 72.1 cm³/mol. The lowest BCUT2D eigenvalue weighted by atomic mass is 10.1. The number of rotatable bonds is 5. The van der Waals surface area contributed by atoms with E-state index in [0.29, 0.717) is 6.04 Å². The van der Waals surface area contributed by atoms with Crippen molar-refractivity contribution in [3.05, 3.63) is 0 Å². The summed E-state index contributed by atoms with van der Waals surface area (Å²) in [6.07, 6.45) is 4.79. The van der Waals surface area contributed by atoms with E-state index in [1.165, 1.54) is 19.2 Å². The minimum Gasteiger partial charge on any atom is -0.310 e. The van der Waals surface area contributed by atoms with Crippen molar-refractivity contribution < 1.29 is 8.42 Å². The van der Waals surface area contributed by atoms with E-state index >= 15 is 0 Å². The lowest BCUT2D eigenvalue weighted by molar-refractivity contribution is 0.296. The van der Waals surface area contributed by atoms with Crippen molar-refractivity contribution in [2.24, 2.45) is 0 Å². The highest BCUT2D eigenvalue weighted by atomic mass is 32.2. The summed E-state index contributed by atoms with van der Waals surface area (Å²) in [6, 6.07) is 0.534. The van der Waals surface area contributed by atoms with Crippen molar-refractivity contribution in [1.82, 2.24) is 10.2 Å². The molecule has 0 amide bonds. The smallest absolute Gasteiger partial charge is 0.148 e. The number of nitrogens with one attached hydrogen (secondary N) is 1. The molecule has 1 rings (SSSR count). The van der Waals surface area contributed by atoms with Crippen LogP contribution in [0.25, 0.3) is 0 Å². The van der Waals surface area contributed by atoms with Crippen LogP contribution in [0.5, 0.6) is 0 Å². The maximum atomic E-state index is 11.2. The number of hydrogen-bond donors (Lipinski definition) is 1. The zero-order valence-electron chi connectivity index (χ0n) is 11.3. The fourth-order valence-electron chi connectivity index (χ4n) is 2.54. The molecule has 1 heterocycles. The molecular weight excluding hydrogens is 236 g/mol. The molecule has 1 fully saturated rings. The van der Waals surface area contributed by atoms with E-state index in [2.05, 4.69) is 17.1 Å². The van der Waals surface area contributed by atoms with Crippen molar-refractivity contribution in [1.29, 1.82) is 0 Å². The zero-order chi connectivity index (χ0) is 12.9. The minimum absolute atomic E-state index is 0.0585. The fourth-order valence-corrected chi connectivity index (χ4v) is 3.55. The van der Waals surface area contributed by atoms with Gasteiger partial charge in [-0.3, -0.25) is 0 Å². The summed E-state index contributed by atoms with van der Waals surface area (Å²) in [5.74, 6) is 0.237. The highest BCUT2D eigenvalue weighted by Crippen LogP contribution is 2.11. The Hall–Kier alpha value is -0.130. The molecule has 2 atom stereocenters. The standard InChI is InChI=1S/C12H26N2O2S/c1-4-14-8-5-6-12(7-9-14)13-11(2)10-17(3,15)16/h11-13H,4-10H2,1-3H3. The van der Waals surface area contributed by atoms with Crippen LogP contribution < -0.4 is 5.32 Å². The van der Waals surface area contributed by atoms with Gasteiger partial charge < -0.3 is 10.2 Å². The Morgan fingerprint density at radius 3 is 2.65 bits per heavy atom. The van der Waals surface area contributed by atoms with Crippen LogP contribution in [-0.4, -0.2) is 57.0 Å². The average molecular weight is 262 g/mol. The van der Waals surface area contributed by atoms with Gasteiger partial charge in [-0.2, -0.15) is 0 Å². The Labute approximate surface area is 106 Å². The normalized spacial score (nSPS) is 25.5. The van der Waals surface area contributed by atoms with Crippen molar-refractivity contribution >= 4 is 9.84 Å². The summed E-state index contributed by atoms with van der Waals surface area (Å²) < 4.78 is 22.4. The summed E-state index contributed by atoms with van der Waals surface area (Å²) in [6.45, 7) is 7.57. The molecule has 0 aliphatic carbocycles. The lowest BCUT2D eigenvalue weighted by Crippen LogP contribution is -2.40. The van der Waals surface area contributed by atoms with Crippen molar-refractivity contribution in [2.75, 3.05) is 31.6 Å². The second-order valence-corrected chi connectivity index (χ2v) is 7.41. The second kappa shape index (κ2) is 6.71. The van der Waals surface area contributed by atoms with Gasteiger partial charge in [-0.25, -0.2) is 8.42 Å². The van der Waals surface area contributed by atoms with Crippen LogP contribution in [-0.2, 0) is 9.84 Å². The zero-order valence-corrected chi connectivity index (χ0v) is 12.1.